The van der Waals surface area contributed by atoms with Gasteiger partial charge in [0.25, 0.3) is 0 Å². The van der Waals surface area contributed by atoms with Crippen LogP contribution in [0.4, 0.5) is 4.79 Å². The fourth-order valence-corrected chi connectivity index (χ4v) is 2.79. The molecule has 1 heterocycles. The Hall–Kier alpha value is -1.05. The molecule has 1 fully saturated rings. The van der Waals surface area contributed by atoms with E-state index in [1.807, 2.05) is 0 Å². The van der Waals surface area contributed by atoms with Crippen LogP contribution in [0.15, 0.2) is 18.2 Å². The van der Waals surface area contributed by atoms with Crippen molar-refractivity contribution in [3.8, 4) is 0 Å². The Balaban J connectivity index is 1.83. The lowest BCUT2D eigenvalue weighted by molar-refractivity contribution is -0.0603. The lowest BCUT2D eigenvalue weighted by atomic mass is 10.1. The molecular formula is C15H20Cl2N2O4. The Morgan fingerprint density at radius 1 is 1.43 bits per heavy atom. The van der Waals surface area contributed by atoms with E-state index in [-0.39, 0.29) is 37.9 Å². The molecule has 2 amide bonds. The van der Waals surface area contributed by atoms with E-state index < -0.39 is 0 Å². The highest BCUT2D eigenvalue weighted by Crippen LogP contribution is 2.20. The van der Waals surface area contributed by atoms with Crippen molar-refractivity contribution < 1.29 is 19.4 Å². The van der Waals surface area contributed by atoms with Crippen LogP contribution in [0.5, 0.6) is 0 Å². The summed E-state index contributed by atoms with van der Waals surface area (Å²) in [6.45, 7) is 1.44. The average molecular weight is 363 g/mol. The monoisotopic (exact) mass is 362 g/mol. The van der Waals surface area contributed by atoms with Crippen LogP contribution in [0.1, 0.15) is 12.0 Å². The Morgan fingerprint density at radius 3 is 3.00 bits per heavy atom. The standard InChI is InChI=1S/C15H20Cl2N2O4/c16-11-2-1-10(12(17)7-11)8-18-15(21)19-13-9-22-5-3-14(13)23-6-4-20/h1-2,7,13-14,20H,3-6,8-9H2,(H2,18,19,21)/t13-,14+/m1/s1. The van der Waals surface area contributed by atoms with Gasteiger partial charge in [-0.25, -0.2) is 4.79 Å². The van der Waals surface area contributed by atoms with Crippen molar-refractivity contribution in [2.75, 3.05) is 26.4 Å². The van der Waals surface area contributed by atoms with Gasteiger partial charge in [-0.2, -0.15) is 0 Å². The normalized spacial score (nSPS) is 21.0. The molecule has 0 spiro atoms. The van der Waals surface area contributed by atoms with Gasteiger partial charge in [0, 0.05) is 23.2 Å². The van der Waals surface area contributed by atoms with Gasteiger partial charge in [0.2, 0.25) is 0 Å². The lowest BCUT2D eigenvalue weighted by Gasteiger charge is -2.31. The molecule has 2 rings (SSSR count). The average Bonchev–Trinajstić information content (AvgIpc) is 2.53. The molecule has 128 valence electrons. The number of carbonyl (C=O) groups is 1. The number of ether oxygens (including phenoxy) is 2. The molecule has 23 heavy (non-hydrogen) atoms. The van der Waals surface area contributed by atoms with Gasteiger partial charge in [-0.3, -0.25) is 0 Å². The van der Waals surface area contributed by atoms with Crippen molar-refractivity contribution in [3.63, 3.8) is 0 Å². The first kappa shape index (κ1) is 18.3. The summed E-state index contributed by atoms with van der Waals surface area (Å²) in [6.07, 6.45) is 0.509. The highest BCUT2D eigenvalue weighted by Gasteiger charge is 2.27. The summed E-state index contributed by atoms with van der Waals surface area (Å²) in [6, 6.07) is 4.53. The van der Waals surface area contributed by atoms with Crippen molar-refractivity contribution in [2.45, 2.75) is 25.1 Å². The van der Waals surface area contributed by atoms with E-state index in [4.69, 9.17) is 37.8 Å². The first-order valence-electron chi connectivity index (χ1n) is 7.38. The van der Waals surface area contributed by atoms with E-state index in [0.29, 0.717) is 29.7 Å². The zero-order valence-electron chi connectivity index (χ0n) is 12.6. The number of urea groups is 1. The Labute approximate surface area is 145 Å². The first-order chi connectivity index (χ1) is 11.1. The molecule has 3 N–H and O–H groups in total. The topological polar surface area (TPSA) is 79.8 Å². The van der Waals surface area contributed by atoms with Crippen LogP contribution in [-0.4, -0.2) is 49.7 Å². The summed E-state index contributed by atoms with van der Waals surface area (Å²) < 4.78 is 10.9. The van der Waals surface area contributed by atoms with Crippen LogP contribution in [0.3, 0.4) is 0 Å². The van der Waals surface area contributed by atoms with Gasteiger partial charge in [-0.15, -0.1) is 0 Å². The number of hydrogen-bond acceptors (Lipinski definition) is 4. The third-order valence-electron chi connectivity index (χ3n) is 3.49. The molecule has 8 heteroatoms. The molecule has 0 saturated carbocycles. The van der Waals surface area contributed by atoms with Crippen LogP contribution in [0, 0.1) is 0 Å². The minimum atomic E-state index is -0.330. The maximum Gasteiger partial charge on any atom is 0.315 e. The second kappa shape index (κ2) is 9.30. The largest absolute Gasteiger partial charge is 0.394 e. The Kier molecular flexibility index (Phi) is 7.39. The number of carbonyl (C=O) groups excluding carboxylic acids is 1. The molecule has 0 bridgehead atoms. The van der Waals surface area contributed by atoms with Gasteiger partial charge in [-0.05, 0) is 24.1 Å². The quantitative estimate of drug-likeness (QED) is 0.722. The van der Waals surface area contributed by atoms with E-state index in [0.717, 1.165) is 5.56 Å². The highest BCUT2D eigenvalue weighted by atomic mass is 35.5. The smallest absolute Gasteiger partial charge is 0.315 e. The minimum Gasteiger partial charge on any atom is -0.394 e. The van der Waals surface area contributed by atoms with Crippen LogP contribution >= 0.6 is 23.2 Å². The van der Waals surface area contributed by atoms with Crippen molar-refractivity contribution in [2.24, 2.45) is 0 Å². The molecule has 0 aromatic heterocycles. The second-order valence-electron chi connectivity index (χ2n) is 5.17. The molecule has 2 atom stereocenters. The molecule has 1 aromatic carbocycles. The van der Waals surface area contributed by atoms with Gasteiger partial charge in [-0.1, -0.05) is 29.3 Å². The Morgan fingerprint density at radius 2 is 2.26 bits per heavy atom. The maximum absolute atomic E-state index is 12.0. The van der Waals surface area contributed by atoms with Crippen molar-refractivity contribution in [3.05, 3.63) is 33.8 Å². The van der Waals surface area contributed by atoms with Crippen molar-refractivity contribution >= 4 is 29.2 Å². The molecular weight excluding hydrogens is 343 g/mol. The zero-order chi connectivity index (χ0) is 16.7. The number of aliphatic hydroxyl groups is 1. The number of amides is 2. The van der Waals surface area contributed by atoms with Gasteiger partial charge >= 0.3 is 6.03 Å². The lowest BCUT2D eigenvalue weighted by Crippen LogP contribution is -2.53. The van der Waals surface area contributed by atoms with E-state index in [2.05, 4.69) is 10.6 Å². The molecule has 0 radical (unpaired) electrons. The number of rotatable bonds is 6. The van der Waals surface area contributed by atoms with Crippen LogP contribution in [0.2, 0.25) is 10.0 Å². The summed E-state index contributed by atoms with van der Waals surface area (Å²) in [4.78, 5) is 12.0. The highest BCUT2D eigenvalue weighted by molar-refractivity contribution is 6.35. The fraction of sp³-hybridized carbons (Fsp3) is 0.533. The predicted octanol–water partition coefficient (Wildman–Crippen LogP) is 1.96. The molecule has 0 unspecified atom stereocenters. The van der Waals surface area contributed by atoms with Gasteiger partial charge in [0.15, 0.2) is 0 Å². The summed E-state index contributed by atoms with van der Waals surface area (Å²) in [5, 5.41) is 15.5. The van der Waals surface area contributed by atoms with Crippen molar-refractivity contribution in [1.29, 1.82) is 0 Å². The third kappa shape index (κ3) is 5.82. The molecule has 1 saturated heterocycles. The van der Waals surface area contributed by atoms with Gasteiger partial charge in [0.05, 0.1) is 32.0 Å². The maximum atomic E-state index is 12.0. The fourth-order valence-electron chi connectivity index (χ4n) is 2.32. The first-order valence-corrected chi connectivity index (χ1v) is 8.14. The van der Waals surface area contributed by atoms with Crippen molar-refractivity contribution in [1.82, 2.24) is 10.6 Å². The SMILES string of the molecule is O=C(NCc1ccc(Cl)cc1Cl)N[C@@H]1COCC[C@@H]1OCCO. The predicted molar refractivity (Wildman–Crippen MR) is 87.9 cm³/mol. The van der Waals surface area contributed by atoms with Crippen LogP contribution in [-0.2, 0) is 16.0 Å². The van der Waals surface area contributed by atoms with Gasteiger partial charge < -0.3 is 25.2 Å². The molecule has 0 aliphatic carbocycles. The van der Waals surface area contributed by atoms with E-state index in [1.165, 1.54) is 0 Å². The summed E-state index contributed by atoms with van der Waals surface area (Å²) in [7, 11) is 0. The number of aliphatic hydroxyl groups excluding tert-OH is 1. The number of halogens is 2. The molecule has 1 aliphatic heterocycles. The van der Waals surface area contributed by atoms with Crippen LogP contribution in [0.25, 0.3) is 0 Å². The second-order valence-corrected chi connectivity index (χ2v) is 6.01. The number of hydrogen-bond donors (Lipinski definition) is 3. The Bertz CT molecular complexity index is 530. The van der Waals surface area contributed by atoms with E-state index in [1.54, 1.807) is 18.2 Å². The van der Waals surface area contributed by atoms with E-state index in [9.17, 15) is 4.79 Å². The summed E-state index contributed by atoms with van der Waals surface area (Å²) in [5.41, 5.74) is 0.777. The molecule has 6 nitrogen and oxygen atoms in total. The summed E-state index contributed by atoms with van der Waals surface area (Å²) in [5.74, 6) is 0. The molecule has 1 aromatic rings. The molecule has 1 aliphatic rings. The van der Waals surface area contributed by atoms with E-state index >= 15 is 0 Å². The number of benzene rings is 1. The zero-order valence-corrected chi connectivity index (χ0v) is 14.1. The summed E-state index contributed by atoms with van der Waals surface area (Å²) >= 11 is 11.9. The third-order valence-corrected chi connectivity index (χ3v) is 4.07. The van der Waals surface area contributed by atoms with Crippen LogP contribution < -0.4 is 10.6 Å². The minimum absolute atomic E-state index is 0.0503. The number of nitrogens with one attached hydrogen (secondary N) is 2. The van der Waals surface area contributed by atoms with Gasteiger partial charge in [0.1, 0.15) is 0 Å².